The number of hydrogen-bond acceptors (Lipinski definition) is 7. The van der Waals surface area contributed by atoms with Gasteiger partial charge in [0.25, 0.3) is 0 Å². The second-order valence-electron chi connectivity index (χ2n) is 11.6. The summed E-state index contributed by atoms with van der Waals surface area (Å²) in [4.78, 5) is 37.5. The zero-order chi connectivity index (χ0) is 25.8. The Morgan fingerprint density at radius 3 is 2.57 bits per heavy atom. The average Bonchev–Trinajstić information content (AvgIpc) is 3.00. The van der Waals surface area contributed by atoms with Gasteiger partial charge in [-0.05, 0) is 62.0 Å². The van der Waals surface area contributed by atoms with Gasteiger partial charge in [-0.25, -0.2) is 0 Å². The van der Waals surface area contributed by atoms with Crippen molar-refractivity contribution in [2.45, 2.75) is 72.5 Å². The van der Waals surface area contributed by atoms with E-state index in [1.165, 1.54) is 6.92 Å². The maximum Gasteiger partial charge on any atom is 0.303 e. The molecule has 0 unspecified atom stereocenters. The Kier molecular flexibility index (Phi) is 6.92. The standard InChI is InChI=1S/C28H40O7/c1-7-33-15-35-28(24(32)14-34-18(4)29)17(3)11-22-20-10-16(2)21-12-19(30)8-9-26(21,5)25(20)23(31)13-27(22,28)6/h8-9,12,16-17,20,22-23,25,31H,7,10-11,13-15H2,1-6H3/t16-,17-,20-,22-,23-,25+,26-,27-,28-/m0/s1. The minimum atomic E-state index is -1.23. The minimum Gasteiger partial charge on any atom is -0.458 e. The van der Waals surface area contributed by atoms with Crippen LogP contribution in [-0.4, -0.2) is 54.4 Å². The largest absolute Gasteiger partial charge is 0.458 e. The van der Waals surface area contributed by atoms with E-state index >= 15 is 0 Å². The third kappa shape index (κ3) is 3.85. The lowest BCUT2D eigenvalue weighted by Crippen LogP contribution is -2.64. The van der Waals surface area contributed by atoms with Gasteiger partial charge in [-0.1, -0.05) is 39.3 Å². The van der Waals surface area contributed by atoms with E-state index in [2.05, 4.69) is 20.8 Å². The van der Waals surface area contributed by atoms with Gasteiger partial charge in [0, 0.05) is 30.3 Å². The molecule has 0 heterocycles. The van der Waals surface area contributed by atoms with Crippen molar-refractivity contribution in [1.29, 1.82) is 0 Å². The fourth-order valence-electron chi connectivity index (χ4n) is 8.54. The van der Waals surface area contributed by atoms with Crippen LogP contribution in [0.4, 0.5) is 0 Å². The molecule has 0 amide bonds. The Morgan fingerprint density at radius 1 is 1.20 bits per heavy atom. The van der Waals surface area contributed by atoms with Crippen LogP contribution in [0.5, 0.6) is 0 Å². The molecule has 0 aliphatic heterocycles. The van der Waals surface area contributed by atoms with Crippen molar-refractivity contribution in [1.82, 2.24) is 0 Å². The van der Waals surface area contributed by atoms with E-state index in [0.717, 1.165) is 18.4 Å². The first-order chi connectivity index (χ1) is 16.4. The summed E-state index contributed by atoms with van der Waals surface area (Å²) in [6.45, 7) is 11.6. The summed E-state index contributed by atoms with van der Waals surface area (Å²) >= 11 is 0. The molecule has 4 aliphatic carbocycles. The zero-order valence-electron chi connectivity index (χ0n) is 21.8. The molecule has 4 aliphatic rings. The molecule has 194 valence electrons. The molecule has 3 fully saturated rings. The predicted molar refractivity (Wildman–Crippen MR) is 129 cm³/mol. The van der Waals surface area contributed by atoms with Crippen LogP contribution in [0.2, 0.25) is 0 Å². The molecule has 7 heteroatoms. The Morgan fingerprint density at radius 2 is 1.91 bits per heavy atom. The van der Waals surface area contributed by atoms with Crippen LogP contribution >= 0.6 is 0 Å². The molecule has 9 atom stereocenters. The number of fused-ring (bicyclic) bond motifs is 5. The lowest BCUT2D eigenvalue weighted by Gasteiger charge is -2.61. The Bertz CT molecular complexity index is 953. The number of carbonyl (C=O) groups excluding carboxylic acids is 3. The summed E-state index contributed by atoms with van der Waals surface area (Å²) in [6, 6.07) is 0. The maximum atomic E-state index is 13.8. The second-order valence-corrected chi connectivity index (χ2v) is 11.6. The highest BCUT2D eigenvalue weighted by atomic mass is 16.7. The first-order valence-corrected chi connectivity index (χ1v) is 12.9. The van der Waals surface area contributed by atoms with E-state index in [0.29, 0.717) is 13.0 Å². The molecule has 35 heavy (non-hydrogen) atoms. The number of hydrogen-bond donors (Lipinski definition) is 1. The SMILES string of the molecule is CCOCO[C@]1(C(=O)COC(C)=O)[C@@H](C)C[C@H]2[C@@H]3C[C@H](C)C4=CC(=O)C=C[C@]4(C)[C@H]3[C@@H](O)C[C@@]21C. The molecular weight excluding hydrogens is 448 g/mol. The van der Waals surface area contributed by atoms with Crippen LogP contribution in [0.1, 0.15) is 60.8 Å². The van der Waals surface area contributed by atoms with Crippen molar-refractivity contribution in [3.8, 4) is 0 Å². The summed E-state index contributed by atoms with van der Waals surface area (Å²) in [5, 5.41) is 11.7. The predicted octanol–water partition coefficient (Wildman–Crippen LogP) is 3.64. The molecule has 0 radical (unpaired) electrons. The van der Waals surface area contributed by atoms with Gasteiger partial charge in [0.2, 0.25) is 5.78 Å². The first-order valence-electron chi connectivity index (χ1n) is 12.9. The van der Waals surface area contributed by atoms with Crippen LogP contribution in [0, 0.1) is 40.4 Å². The number of rotatable bonds is 7. The van der Waals surface area contributed by atoms with E-state index in [9.17, 15) is 19.5 Å². The van der Waals surface area contributed by atoms with Crippen LogP contribution in [0.25, 0.3) is 0 Å². The fraction of sp³-hybridized carbons (Fsp3) is 0.750. The van der Waals surface area contributed by atoms with Gasteiger partial charge in [0.1, 0.15) is 12.4 Å². The van der Waals surface area contributed by atoms with E-state index in [4.69, 9.17) is 14.2 Å². The molecule has 0 bridgehead atoms. The highest BCUT2D eigenvalue weighted by molar-refractivity contribution is 6.01. The number of allylic oxidation sites excluding steroid dienone is 4. The molecule has 3 saturated carbocycles. The third-order valence-corrected chi connectivity index (χ3v) is 9.75. The summed E-state index contributed by atoms with van der Waals surface area (Å²) in [6.07, 6.45) is 6.71. The van der Waals surface area contributed by atoms with Crippen LogP contribution in [0.3, 0.4) is 0 Å². The van der Waals surface area contributed by atoms with Crippen molar-refractivity contribution < 1.29 is 33.7 Å². The van der Waals surface area contributed by atoms with Crippen molar-refractivity contribution >= 4 is 17.5 Å². The summed E-state index contributed by atoms with van der Waals surface area (Å²) in [7, 11) is 0. The summed E-state index contributed by atoms with van der Waals surface area (Å²) in [5.41, 5.74) is -1.19. The number of aliphatic hydroxyl groups is 1. The van der Waals surface area contributed by atoms with Crippen molar-refractivity contribution in [3.05, 3.63) is 23.8 Å². The van der Waals surface area contributed by atoms with Crippen LogP contribution in [-0.2, 0) is 28.6 Å². The van der Waals surface area contributed by atoms with E-state index in [-0.39, 0.29) is 54.6 Å². The molecular formula is C28H40O7. The van der Waals surface area contributed by atoms with Crippen LogP contribution in [0.15, 0.2) is 23.8 Å². The van der Waals surface area contributed by atoms with Gasteiger partial charge >= 0.3 is 5.97 Å². The van der Waals surface area contributed by atoms with Gasteiger partial charge in [-0.15, -0.1) is 0 Å². The quantitative estimate of drug-likeness (QED) is 0.332. The maximum absolute atomic E-state index is 13.8. The van der Waals surface area contributed by atoms with Gasteiger partial charge in [0.05, 0.1) is 6.10 Å². The Labute approximate surface area is 208 Å². The van der Waals surface area contributed by atoms with Gasteiger partial charge in [-0.2, -0.15) is 0 Å². The summed E-state index contributed by atoms with van der Waals surface area (Å²) < 4.78 is 17.0. The third-order valence-electron chi connectivity index (χ3n) is 9.75. The molecule has 0 aromatic carbocycles. The van der Waals surface area contributed by atoms with Crippen molar-refractivity contribution in [3.63, 3.8) is 0 Å². The Hall–Kier alpha value is -1.83. The first kappa shape index (κ1) is 26.2. The highest BCUT2D eigenvalue weighted by Gasteiger charge is 2.72. The molecule has 0 saturated heterocycles. The molecule has 7 nitrogen and oxygen atoms in total. The topological polar surface area (TPSA) is 99.1 Å². The molecule has 0 aromatic rings. The smallest absolute Gasteiger partial charge is 0.303 e. The fourth-order valence-corrected chi connectivity index (χ4v) is 8.54. The van der Waals surface area contributed by atoms with Crippen molar-refractivity contribution in [2.75, 3.05) is 20.0 Å². The van der Waals surface area contributed by atoms with Gasteiger partial charge in [-0.3, -0.25) is 14.4 Å². The molecule has 0 spiro atoms. The number of aliphatic hydroxyl groups excluding tert-OH is 1. The zero-order valence-corrected chi connectivity index (χ0v) is 21.8. The monoisotopic (exact) mass is 488 g/mol. The lowest BCUT2D eigenvalue weighted by atomic mass is 9.44. The van der Waals surface area contributed by atoms with E-state index in [1.807, 2.05) is 19.9 Å². The Balaban J connectivity index is 1.76. The lowest BCUT2D eigenvalue weighted by molar-refractivity contribution is -0.226. The average molecular weight is 489 g/mol. The van der Waals surface area contributed by atoms with Crippen molar-refractivity contribution in [2.24, 2.45) is 40.4 Å². The van der Waals surface area contributed by atoms with E-state index < -0.39 is 28.5 Å². The van der Waals surface area contributed by atoms with E-state index in [1.54, 1.807) is 12.2 Å². The molecule has 1 N–H and O–H groups in total. The van der Waals surface area contributed by atoms with Gasteiger partial charge < -0.3 is 19.3 Å². The number of carbonyl (C=O) groups is 3. The highest BCUT2D eigenvalue weighted by Crippen LogP contribution is 2.69. The van der Waals surface area contributed by atoms with Gasteiger partial charge in [0.15, 0.2) is 12.4 Å². The molecule has 0 aromatic heterocycles. The minimum absolute atomic E-state index is 0.00631. The number of esters is 1. The normalized spacial score (nSPS) is 44.2. The summed E-state index contributed by atoms with van der Waals surface area (Å²) in [5.74, 6) is -0.499. The molecule has 4 rings (SSSR count). The number of Topliss-reactive ketones (excluding diaryl/α,β-unsaturated/α-hetero) is 1. The number of ketones is 2. The number of ether oxygens (including phenoxy) is 3. The van der Waals surface area contributed by atoms with Crippen LogP contribution < -0.4 is 0 Å². The second kappa shape index (κ2) is 9.24.